The first-order valence-electron chi connectivity index (χ1n) is 9.17. The number of rotatable bonds is 10. The molecule has 0 unspecified atom stereocenters. The largest absolute Gasteiger partial charge is 0.497 e. The van der Waals surface area contributed by atoms with Crippen molar-refractivity contribution in [3.63, 3.8) is 0 Å². The number of benzene rings is 2. The molecular weight excluding hydrogens is 392 g/mol. The molecule has 9 heteroatoms. The maximum Gasteiger partial charge on any atom is 0.408 e. The fourth-order valence-electron chi connectivity index (χ4n) is 2.57. The highest BCUT2D eigenvalue weighted by atomic mass is 16.5. The molecule has 160 valence electrons. The van der Waals surface area contributed by atoms with Crippen LogP contribution in [0.1, 0.15) is 11.1 Å². The number of hydrogen-bond acceptors (Lipinski definition) is 6. The maximum absolute atomic E-state index is 12.4. The van der Waals surface area contributed by atoms with E-state index in [4.69, 9.17) is 9.47 Å². The smallest absolute Gasteiger partial charge is 0.408 e. The van der Waals surface area contributed by atoms with Gasteiger partial charge in [0, 0.05) is 6.42 Å². The van der Waals surface area contributed by atoms with Gasteiger partial charge >= 0.3 is 12.1 Å². The standard InChI is InChI=1S/C21H24N2O7/c1-29-16-9-7-14(8-10-16)11-17(20(26)27)22-19(25)18(12-24)23-21(28)30-13-15-5-3-2-4-6-15/h2-10,17-18,24H,11-13H2,1H3,(H,22,25)(H,23,28)(H,26,27)/t17-,18-/m0/s1. The van der Waals surface area contributed by atoms with E-state index in [-0.39, 0.29) is 13.0 Å². The van der Waals surface area contributed by atoms with Crippen molar-refractivity contribution in [2.24, 2.45) is 0 Å². The molecule has 4 N–H and O–H groups in total. The summed E-state index contributed by atoms with van der Waals surface area (Å²) in [6, 6.07) is 13.0. The average Bonchev–Trinajstić information content (AvgIpc) is 2.76. The SMILES string of the molecule is COc1ccc(C[C@H](NC(=O)[C@H](CO)NC(=O)OCc2ccccc2)C(=O)O)cc1. The normalized spacial score (nSPS) is 12.3. The molecule has 0 aromatic heterocycles. The van der Waals surface area contributed by atoms with Crippen molar-refractivity contribution in [3.8, 4) is 5.75 Å². The van der Waals surface area contributed by atoms with Gasteiger partial charge in [-0.3, -0.25) is 4.79 Å². The molecule has 2 atom stereocenters. The molecule has 0 aliphatic heterocycles. The lowest BCUT2D eigenvalue weighted by Crippen LogP contribution is -2.53. The molecule has 0 aliphatic carbocycles. The third-order valence-corrected chi connectivity index (χ3v) is 4.22. The molecule has 0 bridgehead atoms. The van der Waals surface area contributed by atoms with Crippen LogP contribution in [0.15, 0.2) is 54.6 Å². The van der Waals surface area contributed by atoms with Gasteiger partial charge in [0.15, 0.2) is 0 Å². The van der Waals surface area contributed by atoms with Crippen molar-refractivity contribution in [2.45, 2.75) is 25.1 Å². The van der Waals surface area contributed by atoms with Gasteiger partial charge in [0.1, 0.15) is 24.4 Å². The van der Waals surface area contributed by atoms with Gasteiger partial charge < -0.3 is 30.3 Å². The summed E-state index contributed by atoms with van der Waals surface area (Å²) in [4.78, 5) is 35.8. The van der Waals surface area contributed by atoms with E-state index in [1.54, 1.807) is 48.5 Å². The van der Waals surface area contributed by atoms with E-state index in [9.17, 15) is 24.6 Å². The Labute approximate surface area is 173 Å². The minimum atomic E-state index is -1.36. The van der Waals surface area contributed by atoms with Gasteiger partial charge in [-0.2, -0.15) is 0 Å². The van der Waals surface area contributed by atoms with E-state index < -0.39 is 36.7 Å². The van der Waals surface area contributed by atoms with Crippen molar-refractivity contribution in [1.29, 1.82) is 0 Å². The van der Waals surface area contributed by atoms with Gasteiger partial charge in [-0.25, -0.2) is 9.59 Å². The zero-order chi connectivity index (χ0) is 21.9. The molecule has 2 amide bonds. The lowest BCUT2D eigenvalue weighted by Gasteiger charge is -2.20. The summed E-state index contributed by atoms with van der Waals surface area (Å²) in [6.45, 7) is -0.733. The van der Waals surface area contributed by atoms with Crippen LogP contribution >= 0.6 is 0 Å². The van der Waals surface area contributed by atoms with Crippen molar-refractivity contribution < 1.29 is 34.1 Å². The summed E-state index contributed by atoms with van der Waals surface area (Å²) < 4.78 is 10.1. The number of alkyl carbamates (subject to hydrolysis) is 1. The number of ether oxygens (including phenoxy) is 2. The summed E-state index contributed by atoms with van der Waals surface area (Å²) in [6.07, 6.45) is -0.892. The Balaban J connectivity index is 1.91. The molecule has 2 aromatic carbocycles. The summed E-state index contributed by atoms with van der Waals surface area (Å²) in [5.74, 6) is -1.47. The summed E-state index contributed by atoms with van der Waals surface area (Å²) in [5, 5.41) is 23.4. The van der Waals surface area contributed by atoms with Crippen molar-refractivity contribution in [3.05, 3.63) is 65.7 Å². The van der Waals surface area contributed by atoms with E-state index in [1.807, 2.05) is 6.07 Å². The lowest BCUT2D eigenvalue weighted by atomic mass is 10.1. The van der Waals surface area contributed by atoms with E-state index in [0.29, 0.717) is 11.3 Å². The van der Waals surface area contributed by atoms with Gasteiger partial charge in [-0.1, -0.05) is 42.5 Å². The van der Waals surface area contributed by atoms with Crippen LogP contribution in [-0.2, 0) is 27.4 Å². The predicted molar refractivity (Wildman–Crippen MR) is 107 cm³/mol. The highest BCUT2D eigenvalue weighted by Crippen LogP contribution is 2.13. The number of aliphatic carboxylic acids is 1. The second-order valence-electron chi connectivity index (χ2n) is 6.39. The number of carbonyl (C=O) groups excluding carboxylic acids is 2. The van der Waals surface area contributed by atoms with Crippen LogP contribution in [0.2, 0.25) is 0 Å². The third-order valence-electron chi connectivity index (χ3n) is 4.22. The van der Waals surface area contributed by atoms with Gasteiger partial charge in [-0.05, 0) is 23.3 Å². The van der Waals surface area contributed by atoms with Gasteiger partial charge in [-0.15, -0.1) is 0 Å². The van der Waals surface area contributed by atoms with Crippen molar-refractivity contribution in [2.75, 3.05) is 13.7 Å². The molecule has 2 aromatic rings. The summed E-state index contributed by atoms with van der Waals surface area (Å²) >= 11 is 0. The fourth-order valence-corrected chi connectivity index (χ4v) is 2.57. The second-order valence-corrected chi connectivity index (χ2v) is 6.39. The quantitative estimate of drug-likeness (QED) is 0.455. The van der Waals surface area contributed by atoms with Crippen LogP contribution in [0.4, 0.5) is 4.79 Å². The number of aliphatic hydroxyl groups is 1. The lowest BCUT2D eigenvalue weighted by molar-refractivity contribution is -0.142. The van der Waals surface area contributed by atoms with Gasteiger partial charge in [0.25, 0.3) is 0 Å². The Kier molecular flexibility index (Phi) is 8.64. The molecule has 0 fully saturated rings. The van der Waals surface area contributed by atoms with E-state index in [0.717, 1.165) is 5.56 Å². The van der Waals surface area contributed by atoms with Crippen LogP contribution in [-0.4, -0.2) is 54.0 Å². The zero-order valence-electron chi connectivity index (χ0n) is 16.4. The summed E-state index contributed by atoms with van der Waals surface area (Å²) in [7, 11) is 1.52. The van der Waals surface area contributed by atoms with Crippen LogP contribution in [0.5, 0.6) is 5.75 Å². The number of carboxylic acid groups (broad SMARTS) is 1. The minimum Gasteiger partial charge on any atom is -0.497 e. The Hall–Kier alpha value is -3.59. The number of aliphatic hydroxyl groups excluding tert-OH is 1. The Morgan fingerprint density at radius 2 is 1.60 bits per heavy atom. The number of carbonyl (C=O) groups is 3. The van der Waals surface area contributed by atoms with E-state index >= 15 is 0 Å². The van der Waals surface area contributed by atoms with Crippen LogP contribution < -0.4 is 15.4 Å². The molecule has 0 spiro atoms. The second kappa shape index (κ2) is 11.4. The molecule has 2 rings (SSSR count). The number of hydrogen-bond donors (Lipinski definition) is 4. The molecule has 30 heavy (non-hydrogen) atoms. The highest BCUT2D eigenvalue weighted by Gasteiger charge is 2.26. The molecule has 9 nitrogen and oxygen atoms in total. The van der Waals surface area contributed by atoms with Gasteiger partial charge in [0.2, 0.25) is 5.91 Å². The fraction of sp³-hybridized carbons (Fsp3) is 0.286. The van der Waals surface area contributed by atoms with Crippen LogP contribution in [0.25, 0.3) is 0 Å². The van der Waals surface area contributed by atoms with E-state index in [2.05, 4.69) is 10.6 Å². The predicted octanol–water partition coefficient (Wildman–Crippen LogP) is 1.09. The first kappa shape index (κ1) is 22.7. The highest BCUT2D eigenvalue weighted by molar-refractivity contribution is 5.89. The third kappa shape index (κ3) is 7.10. The number of nitrogens with one attached hydrogen (secondary N) is 2. The zero-order valence-corrected chi connectivity index (χ0v) is 16.4. The van der Waals surface area contributed by atoms with Crippen LogP contribution in [0, 0.1) is 0 Å². The molecule has 0 aliphatic rings. The molecule has 0 saturated heterocycles. The first-order valence-corrected chi connectivity index (χ1v) is 9.17. The molecule has 0 saturated carbocycles. The molecule has 0 heterocycles. The first-order chi connectivity index (χ1) is 14.4. The molecule has 0 radical (unpaired) electrons. The van der Waals surface area contributed by atoms with Crippen molar-refractivity contribution >= 4 is 18.0 Å². The Bertz CT molecular complexity index is 840. The topological polar surface area (TPSA) is 134 Å². The average molecular weight is 416 g/mol. The number of methoxy groups -OCH3 is 1. The van der Waals surface area contributed by atoms with E-state index in [1.165, 1.54) is 7.11 Å². The van der Waals surface area contributed by atoms with Crippen LogP contribution in [0.3, 0.4) is 0 Å². The Morgan fingerprint density at radius 3 is 2.17 bits per heavy atom. The monoisotopic (exact) mass is 416 g/mol. The number of amides is 2. The Morgan fingerprint density at radius 1 is 0.933 bits per heavy atom. The summed E-state index contributed by atoms with van der Waals surface area (Å²) in [5.41, 5.74) is 1.42. The maximum atomic E-state index is 12.4. The molecular formula is C21H24N2O7. The van der Waals surface area contributed by atoms with Crippen molar-refractivity contribution in [1.82, 2.24) is 10.6 Å². The minimum absolute atomic E-state index is 0.0122. The number of carboxylic acids is 1. The van der Waals surface area contributed by atoms with Gasteiger partial charge in [0.05, 0.1) is 13.7 Å².